The van der Waals surface area contributed by atoms with Crippen molar-refractivity contribution in [2.45, 2.75) is 51.7 Å². The van der Waals surface area contributed by atoms with Crippen molar-refractivity contribution in [3.8, 4) is 0 Å². The van der Waals surface area contributed by atoms with Crippen molar-refractivity contribution in [3.05, 3.63) is 29.2 Å². The zero-order valence-corrected chi connectivity index (χ0v) is 16.7. The van der Waals surface area contributed by atoms with Crippen LogP contribution in [-0.4, -0.2) is 62.5 Å². The van der Waals surface area contributed by atoms with Crippen LogP contribution in [0.25, 0.3) is 5.65 Å². The second-order valence-electron chi connectivity index (χ2n) is 8.32. The van der Waals surface area contributed by atoms with Crippen LogP contribution in [0.3, 0.4) is 0 Å². The number of fused-ring (bicyclic) bond motifs is 1. The van der Waals surface area contributed by atoms with Gasteiger partial charge < -0.3 is 9.80 Å². The van der Waals surface area contributed by atoms with Gasteiger partial charge in [-0.25, -0.2) is 9.50 Å². The molecule has 2 aliphatic rings. The molecule has 2 aromatic rings. The first-order valence-corrected chi connectivity index (χ1v) is 10.2. The molecule has 4 rings (SSSR count). The lowest BCUT2D eigenvalue weighted by Crippen LogP contribution is -2.48. The summed E-state index contributed by atoms with van der Waals surface area (Å²) >= 11 is 0. The number of hydrogen-bond acceptors (Lipinski definition) is 4. The van der Waals surface area contributed by atoms with Crippen LogP contribution in [0.15, 0.2) is 12.1 Å². The average molecular weight is 409 g/mol. The fourth-order valence-corrected chi connectivity index (χ4v) is 4.40. The number of halogens is 3. The summed E-state index contributed by atoms with van der Waals surface area (Å²) in [6.45, 7) is 7.20. The second-order valence-corrected chi connectivity index (χ2v) is 8.32. The third kappa shape index (κ3) is 4.10. The fourth-order valence-electron chi connectivity index (χ4n) is 4.40. The third-order valence-corrected chi connectivity index (χ3v) is 6.15. The molecule has 0 atom stereocenters. The Morgan fingerprint density at radius 3 is 2.34 bits per heavy atom. The van der Waals surface area contributed by atoms with Gasteiger partial charge in [-0.05, 0) is 57.7 Å². The Hall–Kier alpha value is -2.16. The van der Waals surface area contributed by atoms with E-state index < -0.39 is 11.9 Å². The quantitative estimate of drug-likeness (QED) is 0.763. The standard InChI is InChI=1S/C20H26F3N5O/c1-13-3-7-26(8-4-13)15-5-9-27(10-6-15)19(29)16-12-18-24-14(2)11-17(20(21,22)23)28(18)25-16/h11-13,15H,3-10H2,1-2H3. The fraction of sp³-hybridized carbons (Fsp3) is 0.650. The van der Waals surface area contributed by atoms with Gasteiger partial charge in [0.25, 0.3) is 5.91 Å². The summed E-state index contributed by atoms with van der Waals surface area (Å²) in [6.07, 6.45) is -0.359. The number of carbonyl (C=O) groups is 1. The second kappa shape index (κ2) is 7.59. The van der Waals surface area contributed by atoms with Gasteiger partial charge in [-0.2, -0.15) is 18.3 Å². The Balaban J connectivity index is 1.47. The molecule has 0 spiro atoms. The van der Waals surface area contributed by atoms with Gasteiger partial charge in [-0.3, -0.25) is 4.79 Å². The highest BCUT2D eigenvalue weighted by molar-refractivity contribution is 5.93. The molecule has 0 radical (unpaired) electrons. The molecule has 6 nitrogen and oxygen atoms in total. The van der Waals surface area contributed by atoms with Crippen LogP contribution in [0.1, 0.15) is 54.5 Å². The minimum absolute atomic E-state index is 0.0128. The van der Waals surface area contributed by atoms with Crippen LogP contribution < -0.4 is 0 Å². The normalized spacial score (nSPS) is 20.5. The highest BCUT2D eigenvalue weighted by atomic mass is 19.4. The van der Waals surface area contributed by atoms with E-state index in [1.54, 1.807) is 4.90 Å². The Labute approximate surface area is 167 Å². The summed E-state index contributed by atoms with van der Waals surface area (Å²) in [7, 11) is 0. The van der Waals surface area contributed by atoms with E-state index in [0.29, 0.717) is 19.1 Å². The van der Waals surface area contributed by atoms with E-state index in [-0.39, 0.29) is 22.9 Å². The van der Waals surface area contributed by atoms with Crippen molar-refractivity contribution in [2.24, 2.45) is 5.92 Å². The first kappa shape index (κ1) is 20.1. The van der Waals surface area contributed by atoms with Gasteiger partial charge in [0.15, 0.2) is 11.3 Å². The molecule has 0 bridgehead atoms. The maximum atomic E-state index is 13.3. The van der Waals surface area contributed by atoms with Crippen molar-refractivity contribution in [1.82, 2.24) is 24.4 Å². The molecular weight excluding hydrogens is 383 g/mol. The molecule has 0 aromatic carbocycles. The highest BCUT2D eigenvalue weighted by Gasteiger charge is 2.36. The molecule has 1 amide bonds. The van der Waals surface area contributed by atoms with Crippen LogP contribution >= 0.6 is 0 Å². The predicted octanol–water partition coefficient (Wildman–Crippen LogP) is 3.39. The van der Waals surface area contributed by atoms with Crippen molar-refractivity contribution in [2.75, 3.05) is 26.2 Å². The Bertz CT molecular complexity index is 893. The minimum Gasteiger partial charge on any atom is -0.337 e. The van der Waals surface area contributed by atoms with E-state index in [9.17, 15) is 18.0 Å². The highest BCUT2D eigenvalue weighted by Crippen LogP contribution is 2.30. The lowest BCUT2D eigenvalue weighted by molar-refractivity contribution is -0.142. The molecule has 0 unspecified atom stereocenters. The molecule has 2 aliphatic heterocycles. The predicted molar refractivity (Wildman–Crippen MR) is 102 cm³/mol. The number of carbonyl (C=O) groups excluding carboxylic acids is 1. The van der Waals surface area contributed by atoms with Gasteiger partial charge in [0.2, 0.25) is 0 Å². The van der Waals surface area contributed by atoms with E-state index in [1.165, 1.54) is 25.8 Å². The maximum absolute atomic E-state index is 13.3. The first-order valence-electron chi connectivity index (χ1n) is 10.2. The first-order chi connectivity index (χ1) is 13.7. The van der Waals surface area contributed by atoms with Crippen LogP contribution in [0.4, 0.5) is 13.2 Å². The van der Waals surface area contributed by atoms with Gasteiger partial charge in [0, 0.05) is 30.9 Å². The summed E-state index contributed by atoms with van der Waals surface area (Å²) < 4.78 is 40.7. The molecule has 4 heterocycles. The van der Waals surface area contributed by atoms with E-state index in [2.05, 4.69) is 21.9 Å². The number of amides is 1. The number of likely N-dealkylation sites (tertiary alicyclic amines) is 2. The molecule has 29 heavy (non-hydrogen) atoms. The van der Waals surface area contributed by atoms with Crippen molar-refractivity contribution in [1.29, 1.82) is 0 Å². The van der Waals surface area contributed by atoms with Crippen LogP contribution in [0.5, 0.6) is 0 Å². The van der Waals surface area contributed by atoms with Gasteiger partial charge >= 0.3 is 6.18 Å². The molecule has 0 N–H and O–H groups in total. The maximum Gasteiger partial charge on any atom is 0.433 e. The Morgan fingerprint density at radius 2 is 1.72 bits per heavy atom. The number of aromatic nitrogens is 3. The molecule has 0 saturated carbocycles. The van der Waals surface area contributed by atoms with Crippen molar-refractivity contribution in [3.63, 3.8) is 0 Å². The van der Waals surface area contributed by atoms with Gasteiger partial charge in [0.05, 0.1) is 0 Å². The number of hydrogen-bond donors (Lipinski definition) is 0. The van der Waals surface area contributed by atoms with E-state index in [1.807, 2.05) is 0 Å². The van der Waals surface area contributed by atoms with Gasteiger partial charge in [0.1, 0.15) is 5.69 Å². The largest absolute Gasteiger partial charge is 0.433 e. The number of alkyl halides is 3. The molecule has 158 valence electrons. The van der Waals surface area contributed by atoms with E-state index in [4.69, 9.17) is 0 Å². The monoisotopic (exact) mass is 409 g/mol. The number of rotatable bonds is 2. The molecule has 9 heteroatoms. The molecule has 2 aromatic heterocycles. The summed E-state index contributed by atoms with van der Waals surface area (Å²) in [6, 6.07) is 2.77. The zero-order valence-electron chi connectivity index (χ0n) is 16.7. The molecule has 2 saturated heterocycles. The summed E-state index contributed by atoms with van der Waals surface area (Å²) in [5.74, 6) is 0.453. The van der Waals surface area contributed by atoms with Crippen molar-refractivity contribution < 1.29 is 18.0 Å². The summed E-state index contributed by atoms with van der Waals surface area (Å²) in [4.78, 5) is 21.2. The molecular formula is C20H26F3N5O. The molecule has 0 aliphatic carbocycles. The van der Waals surface area contributed by atoms with Gasteiger partial charge in [-0.1, -0.05) is 6.92 Å². The molecule has 2 fully saturated rings. The minimum atomic E-state index is -4.57. The third-order valence-electron chi connectivity index (χ3n) is 6.15. The van der Waals surface area contributed by atoms with E-state index >= 15 is 0 Å². The zero-order chi connectivity index (χ0) is 20.8. The Morgan fingerprint density at radius 1 is 1.07 bits per heavy atom. The van der Waals surface area contributed by atoms with Crippen LogP contribution in [0.2, 0.25) is 0 Å². The smallest absolute Gasteiger partial charge is 0.337 e. The lowest BCUT2D eigenvalue weighted by atomic mass is 9.95. The SMILES string of the molecule is Cc1cc(C(F)(F)F)n2nc(C(=O)N3CCC(N4CCC(C)CC4)CC3)cc2n1. The summed E-state index contributed by atoms with van der Waals surface area (Å²) in [5.41, 5.74) is -0.630. The van der Waals surface area contributed by atoms with Crippen LogP contribution in [-0.2, 0) is 6.18 Å². The van der Waals surface area contributed by atoms with E-state index in [0.717, 1.165) is 42.4 Å². The number of aryl methyl sites for hydroxylation is 1. The summed E-state index contributed by atoms with van der Waals surface area (Å²) in [5, 5.41) is 3.95. The number of piperidine rings is 2. The van der Waals surface area contributed by atoms with Crippen LogP contribution in [0, 0.1) is 12.8 Å². The topological polar surface area (TPSA) is 53.7 Å². The van der Waals surface area contributed by atoms with Gasteiger partial charge in [-0.15, -0.1) is 0 Å². The Kier molecular flexibility index (Phi) is 5.27. The van der Waals surface area contributed by atoms with Crippen molar-refractivity contribution >= 4 is 11.6 Å². The number of nitrogens with zero attached hydrogens (tertiary/aromatic N) is 5. The lowest BCUT2D eigenvalue weighted by Gasteiger charge is -2.41. The average Bonchev–Trinajstić information content (AvgIpc) is 3.10.